The molecule has 0 unspecified atom stereocenters. The molecule has 1 aromatic carbocycles. The van der Waals surface area contributed by atoms with E-state index < -0.39 is 40.5 Å². The molecule has 12 nitrogen and oxygen atoms in total. The van der Waals surface area contributed by atoms with Crippen LogP contribution in [-0.2, 0) is 18.4 Å². The molecule has 1 saturated carbocycles. The third-order valence-corrected chi connectivity index (χ3v) is 8.65. The normalized spacial score (nSPS) is 17.2. The zero-order chi connectivity index (χ0) is 32.2. The highest BCUT2D eigenvalue weighted by molar-refractivity contribution is 6.33. The van der Waals surface area contributed by atoms with Gasteiger partial charge in [-0.05, 0) is 43.4 Å². The number of hydrogen-bond acceptors (Lipinski definition) is 8. The van der Waals surface area contributed by atoms with E-state index in [2.05, 4.69) is 20.2 Å². The van der Waals surface area contributed by atoms with Crippen molar-refractivity contribution in [3.63, 3.8) is 0 Å². The van der Waals surface area contributed by atoms with Gasteiger partial charge in [0.15, 0.2) is 11.6 Å². The van der Waals surface area contributed by atoms with Crippen LogP contribution in [0.3, 0.4) is 0 Å². The number of nitrogens with zero attached hydrogens (tertiary/aromatic N) is 6. The SMILES string of the molecule is C[C@H]1CN(CC2CC2)CCN1c1cc(NC(=O)Cn2cc(-c3cc(F)c(O)c(C(N)=O)c3)c3c(=O)n(C)cnc32)c(Cl)c(F)n1. The van der Waals surface area contributed by atoms with Crippen LogP contribution in [-0.4, -0.2) is 73.1 Å². The number of hydrogen-bond donors (Lipinski definition) is 3. The van der Waals surface area contributed by atoms with Crippen molar-refractivity contribution in [2.24, 2.45) is 18.7 Å². The Balaban J connectivity index is 1.29. The van der Waals surface area contributed by atoms with Crippen molar-refractivity contribution in [2.75, 3.05) is 36.4 Å². The summed E-state index contributed by atoms with van der Waals surface area (Å²) in [5, 5.41) is 12.3. The predicted molar refractivity (Wildman–Crippen MR) is 164 cm³/mol. The molecule has 0 radical (unpaired) electrons. The minimum Gasteiger partial charge on any atom is -0.504 e. The molecule has 0 spiro atoms. The molecule has 4 heterocycles. The molecule has 2 amide bonds. The van der Waals surface area contributed by atoms with Crippen molar-refractivity contribution >= 4 is 46.0 Å². The Bertz CT molecular complexity index is 1910. The number of halogens is 3. The number of primary amides is 1. The van der Waals surface area contributed by atoms with Gasteiger partial charge in [-0.1, -0.05) is 11.6 Å². The fraction of sp³-hybridized carbons (Fsp3) is 0.367. The fourth-order valence-electron chi connectivity index (χ4n) is 5.82. The average Bonchev–Trinajstić information content (AvgIpc) is 3.73. The van der Waals surface area contributed by atoms with E-state index >= 15 is 0 Å². The highest BCUT2D eigenvalue weighted by Gasteiger charge is 2.31. The fourth-order valence-corrected chi connectivity index (χ4v) is 5.96. The largest absolute Gasteiger partial charge is 0.504 e. The summed E-state index contributed by atoms with van der Waals surface area (Å²) in [6, 6.07) is 3.70. The lowest BCUT2D eigenvalue weighted by Gasteiger charge is -2.40. The standard InChI is InChI=1S/C30H31ClF2N8O4/c1-15-10-39(11-16-3-4-16)5-6-41(15)22-9-21(25(31)27(33)37-22)36-23(42)13-40-12-19(24-29(40)35-14-38(2)30(24)45)17-7-18(28(34)44)26(43)20(32)8-17/h7-9,12,14-16,43H,3-6,10-11,13H2,1-2H3,(H2,34,44)(H,36,37,42)/t15-/m0/s1. The van der Waals surface area contributed by atoms with Gasteiger partial charge >= 0.3 is 0 Å². The second-order valence-corrected chi connectivity index (χ2v) is 12.1. The topological polar surface area (TPSA) is 152 Å². The molecule has 45 heavy (non-hydrogen) atoms. The quantitative estimate of drug-likeness (QED) is 0.249. The van der Waals surface area contributed by atoms with Gasteiger partial charge in [0.05, 0.1) is 23.0 Å². The number of carbonyl (C=O) groups excluding carboxylic acids is 2. The van der Waals surface area contributed by atoms with Gasteiger partial charge in [0.25, 0.3) is 11.5 Å². The molecule has 2 fully saturated rings. The Morgan fingerprint density at radius 2 is 1.96 bits per heavy atom. The van der Waals surface area contributed by atoms with Gasteiger partial charge in [0.1, 0.15) is 23.0 Å². The lowest BCUT2D eigenvalue weighted by Crippen LogP contribution is -2.52. The highest BCUT2D eigenvalue weighted by Crippen LogP contribution is 2.34. The van der Waals surface area contributed by atoms with Crippen LogP contribution < -0.4 is 21.5 Å². The lowest BCUT2D eigenvalue weighted by atomic mass is 10.0. The number of benzene rings is 1. The van der Waals surface area contributed by atoms with Gasteiger partial charge in [0, 0.05) is 57.1 Å². The van der Waals surface area contributed by atoms with E-state index in [0.29, 0.717) is 12.4 Å². The Morgan fingerprint density at radius 3 is 2.64 bits per heavy atom. The van der Waals surface area contributed by atoms with Gasteiger partial charge in [-0.3, -0.25) is 19.3 Å². The number of fused-ring (bicyclic) bond motifs is 1. The second-order valence-electron chi connectivity index (χ2n) is 11.7. The van der Waals surface area contributed by atoms with Crippen molar-refractivity contribution in [1.82, 2.24) is 24.0 Å². The minimum atomic E-state index is -1.12. The van der Waals surface area contributed by atoms with Crippen molar-refractivity contribution in [3.8, 4) is 16.9 Å². The molecule has 1 atom stereocenters. The molecular formula is C30H31ClF2N8O4. The molecule has 1 aliphatic heterocycles. The van der Waals surface area contributed by atoms with Crippen LogP contribution >= 0.6 is 11.6 Å². The lowest BCUT2D eigenvalue weighted by molar-refractivity contribution is -0.116. The van der Waals surface area contributed by atoms with E-state index in [0.717, 1.165) is 37.7 Å². The van der Waals surface area contributed by atoms with Gasteiger partial charge in [-0.15, -0.1) is 0 Å². The molecular weight excluding hydrogens is 610 g/mol. The average molecular weight is 641 g/mol. The van der Waals surface area contributed by atoms with E-state index in [1.165, 1.54) is 47.6 Å². The number of aromatic nitrogens is 4. The predicted octanol–water partition coefficient (Wildman–Crippen LogP) is 3.09. The first kappa shape index (κ1) is 30.5. The first-order valence-corrected chi connectivity index (χ1v) is 14.8. The number of piperazine rings is 1. The third-order valence-electron chi connectivity index (χ3n) is 8.29. The summed E-state index contributed by atoms with van der Waals surface area (Å²) in [7, 11) is 1.47. The molecule has 236 valence electrons. The van der Waals surface area contributed by atoms with Crippen LogP contribution in [0.2, 0.25) is 5.02 Å². The molecule has 15 heteroatoms. The number of carbonyl (C=O) groups is 2. The number of phenols is 1. The summed E-state index contributed by atoms with van der Waals surface area (Å²) in [6.45, 7) is 4.99. The molecule has 4 aromatic rings. The molecule has 1 saturated heterocycles. The Labute approximate surface area is 261 Å². The number of aromatic hydroxyl groups is 1. The van der Waals surface area contributed by atoms with Crippen molar-refractivity contribution < 1.29 is 23.5 Å². The summed E-state index contributed by atoms with van der Waals surface area (Å²) >= 11 is 6.22. The van der Waals surface area contributed by atoms with E-state index in [9.17, 15) is 28.3 Å². The molecule has 6 rings (SSSR count). The number of rotatable bonds is 8. The molecule has 2 aliphatic rings. The first-order chi connectivity index (χ1) is 21.4. The van der Waals surface area contributed by atoms with Crippen molar-refractivity contribution in [1.29, 1.82) is 0 Å². The van der Waals surface area contributed by atoms with Crippen LogP contribution in [0.5, 0.6) is 5.75 Å². The number of aryl methyl sites for hydroxylation is 1. The summed E-state index contributed by atoms with van der Waals surface area (Å²) in [5.41, 5.74) is 4.67. The van der Waals surface area contributed by atoms with Crippen molar-refractivity contribution in [3.05, 3.63) is 63.4 Å². The number of amides is 2. The summed E-state index contributed by atoms with van der Waals surface area (Å²) in [5.74, 6) is -3.53. The van der Waals surface area contributed by atoms with Crippen LogP contribution in [0.1, 0.15) is 30.1 Å². The number of nitrogens with one attached hydrogen (secondary N) is 1. The van der Waals surface area contributed by atoms with E-state index in [4.69, 9.17) is 17.3 Å². The summed E-state index contributed by atoms with van der Waals surface area (Å²) in [6.07, 6.45) is 5.19. The second kappa shape index (κ2) is 11.7. The Kier molecular flexibility index (Phi) is 7.95. The highest BCUT2D eigenvalue weighted by atomic mass is 35.5. The van der Waals surface area contributed by atoms with Gasteiger partial charge in [-0.2, -0.15) is 4.39 Å². The number of anilines is 2. The zero-order valence-electron chi connectivity index (χ0n) is 24.6. The maximum atomic E-state index is 14.9. The number of pyridine rings is 1. The molecule has 3 aromatic heterocycles. The minimum absolute atomic E-state index is 0.0315. The van der Waals surface area contributed by atoms with Crippen LogP contribution in [0, 0.1) is 17.7 Å². The third kappa shape index (κ3) is 5.94. The van der Waals surface area contributed by atoms with Gasteiger partial charge in [-0.25, -0.2) is 14.4 Å². The molecule has 4 N–H and O–H groups in total. The Morgan fingerprint density at radius 1 is 1.20 bits per heavy atom. The Hall–Kier alpha value is -4.56. The van der Waals surface area contributed by atoms with E-state index in [1.54, 1.807) is 0 Å². The van der Waals surface area contributed by atoms with Gasteiger partial charge < -0.3 is 30.2 Å². The van der Waals surface area contributed by atoms with Crippen molar-refractivity contribution in [2.45, 2.75) is 32.4 Å². The summed E-state index contributed by atoms with van der Waals surface area (Å²) < 4.78 is 32.1. The first-order valence-electron chi connectivity index (χ1n) is 14.4. The van der Waals surface area contributed by atoms with Crippen LogP contribution in [0.4, 0.5) is 20.3 Å². The van der Waals surface area contributed by atoms with Crippen LogP contribution in [0.15, 0.2) is 35.5 Å². The monoisotopic (exact) mass is 640 g/mol. The molecule has 1 aliphatic carbocycles. The van der Waals surface area contributed by atoms with E-state index in [-0.39, 0.29) is 45.5 Å². The smallest absolute Gasteiger partial charge is 0.263 e. The van der Waals surface area contributed by atoms with E-state index in [1.807, 2.05) is 11.8 Å². The maximum Gasteiger partial charge on any atom is 0.263 e. The molecule has 0 bridgehead atoms. The maximum absolute atomic E-state index is 14.9. The zero-order valence-corrected chi connectivity index (χ0v) is 25.3. The number of nitrogens with two attached hydrogens (primary N) is 1. The van der Waals surface area contributed by atoms with Gasteiger partial charge in [0.2, 0.25) is 11.9 Å². The summed E-state index contributed by atoms with van der Waals surface area (Å²) in [4.78, 5) is 51.0. The van der Waals surface area contributed by atoms with Crippen LogP contribution in [0.25, 0.3) is 22.2 Å².